The van der Waals surface area contributed by atoms with E-state index in [0.717, 1.165) is 5.71 Å². The Morgan fingerprint density at radius 3 is 2.39 bits per heavy atom. The van der Waals surface area contributed by atoms with Crippen LogP contribution in [0, 0.1) is 0 Å². The van der Waals surface area contributed by atoms with Gasteiger partial charge in [0.05, 0.1) is 5.71 Å². The summed E-state index contributed by atoms with van der Waals surface area (Å²) in [4.78, 5) is 1.26. The maximum absolute atomic E-state index is 4.57. The summed E-state index contributed by atoms with van der Waals surface area (Å²) in [6.07, 6.45) is 2.25. The fraction of sp³-hybridized carbons (Fsp3) is 0. The van der Waals surface area contributed by atoms with Crippen LogP contribution < -0.4 is 0 Å². The van der Waals surface area contributed by atoms with Gasteiger partial charge in [0, 0.05) is 21.4 Å². The van der Waals surface area contributed by atoms with E-state index in [2.05, 4.69) is 59.0 Å². The smallest absolute Gasteiger partial charge is 0.0946 e. The molecule has 0 atom stereocenters. The monoisotopic (exact) mass is 267 g/mol. The largest absolute Gasteiger partial charge is 0.203 e. The molecule has 1 nitrogen and oxygen atoms in total. The first-order valence-electron chi connectivity index (χ1n) is 5.76. The van der Waals surface area contributed by atoms with Crippen molar-refractivity contribution in [1.82, 2.24) is 0 Å². The van der Waals surface area contributed by atoms with Crippen LogP contribution in [-0.2, 0) is 0 Å². The Morgan fingerprint density at radius 2 is 1.50 bits per heavy atom. The first-order chi connectivity index (χ1) is 8.93. The molecule has 0 bridgehead atoms. The van der Waals surface area contributed by atoms with Crippen LogP contribution in [-0.4, -0.2) is 5.71 Å². The van der Waals surface area contributed by atoms with E-state index in [1.54, 1.807) is 21.8 Å². The molecule has 0 radical (unpaired) electrons. The van der Waals surface area contributed by atoms with Gasteiger partial charge in [0.1, 0.15) is 0 Å². The minimum absolute atomic E-state index is 1.12. The zero-order chi connectivity index (χ0) is 11.9. The minimum atomic E-state index is 1.12. The lowest BCUT2D eigenvalue weighted by Gasteiger charge is -2.08. The van der Waals surface area contributed by atoms with Gasteiger partial charge in [-0.05, 0) is 33.6 Å². The van der Waals surface area contributed by atoms with E-state index in [9.17, 15) is 0 Å². The molecule has 1 aliphatic carbocycles. The van der Waals surface area contributed by atoms with E-state index in [1.807, 2.05) is 0 Å². The zero-order valence-corrected chi connectivity index (χ0v) is 11.1. The molecular weight excluding hydrogens is 258 g/mol. The van der Waals surface area contributed by atoms with Gasteiger partial charge in [0.25, 0.3) is 0 Å². The molecule has 4 rings (SSSR count). The first kappa shape index (κ1) is 10.5. The van der Waals surface area contributed by atoms with E-state index in [0.29, 0.717) is 0 Å². The third-order valence-electron chi connectivity index (χ3n) is 3.21. The van der Waals surface area contributed by atoms with Crippen LogP contribution >= 0.6 is 21.8 Å². The molecule has 0 fully saturated rings. The van der Waals surface area contributed by atoms with Crippen LogP contribution in [0.4, 0.5) is 0 Å². The van der Waals surface area contributed by atoms with Crippen LogP contribution in [0.15, 0.2) is 57.8 Å². The van der Waals surface area contributed by atoms with Gasteiger partial charge in [-0.15, -0.1) is 0 Å². The standard InChI is InChI=1S/C15H9NS2/c1-2-6-11-10(5-1)9-14-15(16-18-17-14)13-8-4-3-7-12(11)13/h1-9H. The minimum Gasteiger partial charge on any atom is -0.203 e. The zero-order valence-electron chi connectivity index (χ0n) is 9.46. The van der Waals surface area contributed by atoms with Gasteiger partial charge in [-0.2, -0.15) is 0 Å². The van der Waals surface area contributed by atoms with Crippen LogP contribution in [0.1, 0.15) is 11.1 Å². The summed E-state index contributed by atoms with van der Waals surface area (Å²) in [5, 5.41) is 0. The van der Waals surface area contributed by atoms with Crippen molar-refractivity contribution < 1.29 is 0 Å². The summed E-state index contributed by atoms with van der Waals surface area (Å²) in [7, 11) is 3.30. The lowest BCUT2D eigenvalue weighted by atomic mass is 9.96. The van der Waals surface area contributed by atoms with E-state index in [-0.39, 0.29) is 0 Å². The molecule has 2 aromatic carbocycles. The maximum Gasteiger partial charge on any atom is 0.0946 e. The van der Waals surface area contributed by atoms with Crippen molar-refractivity contribution in [2.24, 2.45) is 4.40 Å². The fourth-order valence-corrected chi connectivity index (χ4v) is 4.20. The van der Waals surface area contributed by atoms with Crippen LogP contribution in [0.2, 0.25) is 0 Å². The summed E-state index contributed by atoms with van der Waals surface area (Å²) in [6, 6.07) is 17.1. The molecule has 0 unspecified atom stereocenters. The second-order valence-electron chi connectivity index (χ2n) is 4.24. The van der Waals surface area contributed by atoms with Gasteiger partial charge in [0.2, 0.25) is 0 Å². The molecule has 0 spiro atoms. The maximum atomic E-state index is 4.57. The quantitative estimate of drug-likeness (QED) is 0.502. The van der Waals surface area contributed by atoms with E-state index >= 15 is 0 Å². The Bertz CT molecular complexity index is 701. The highest BCUT2D eigenvalue weighted by Crippen LogP contribution is 2.46. The molecule has 1 aliphatic heterocycles. The molecule has 0 N–H and O–H groups in total. The Hall–Kier alpha value is -1.45. The van der Waals surface area contributed by atoms with Crippen LogP contribution in [0.5, 0.6) is 0 Å². The highest BCUT2D eigenvalue weighted by molar-refractivity contribution is 8.78. The third-order valence-corrected chi connectivity index (χ3v) is 5.02. The predicted molar refractivity (Wildman–Crippen MR) is 81.6 cm³/mol. The summed E-state index contributed by atoms with van der Waals surface area (Å²) in [5.41, 5.74) is 6.22. The molecule has 2 aromatic rings. The molecule has 2 aliphatic rings. The van der Waals surface area contributed by atoms with Gasteiger partial charge in [0.15, 0.2) is 0 Å². The molecular formula is C15H9NS2. The Morgan fingerprint density at radius 1 is 0.778 bits per heavy atom. The highest BCUT2D eigenvalue weighted by Gasteiger charge is 2.24. The van der Waals surface area contributed by atoms with Gasteiger partial charge in [-0.1, -0.05) is 48.5 Å². The second kappa shape index (κ2) is 4.04. The van der Waals surface area contributed by atoms with Crippen LogP contribution in [0.25, 0.3) is 17.2 Å². The number of nitrogens with zero attached hydrogens (tertiary/aromatic N) is 1. The van der Waals surface area contributed by atoms with E-state index in [1.165, 1.54) is 27.2 Å². The van der Waals surface area contributed by atoms with Crippen molar-refractivity contribution in [2.45, 2.75) is 0 Å². The van der Waals surface area contributed by atoms with Crippen LogP contribution in [0.3, 0.4) is 0 Å². The van der Waals surface area contributed by atoms with Crippen molar-refractivity contribution in [1.29, 1.82) is 0 Å². The lowest BCUT2D eigenvalue weighted by molar-refractivity contribution is 1.58. The Labute approximate surface area is 114 Å². The topological polar surface area (TPSA) is 12.4 Å². The average Bonchev–Trinajstić information content (AvgIpc) is 2.83. The fourth-order valence-electron chi connectivity index (χ4n) is 2.39. The van der Waals surface area contributed by atoms with Crippen molar-refractivity contribution in [3.8, 4) is 11.1 Å². The lowest BCUT2D eigenvalue weighted by Crippen LogP contribution is -1.99. The van der Waals surface area contributed by atoms with E-state index < -0.39 is 0 Å². The number of allylic oxidation sites excluding steroid dienone is 1. The van der Waals surface area contributed by atoms with Crippen molar-refractivity contribution in [3.63, 3.8) is 0 Å². The van der Waals surface area contributed by atoms with Gasteiger partial charge >= 0.3 is 0 Å². The van der Waals surface area contributed by atoms with E-state index in [4.69, 9.17) is 0 Å². The average molecular weight is 267 g/mol. The Kier molecular flexibility index (Phi) is 2.35. The number of rotatable bonds is 0. The second-order valence-corrected chi connectivity index (χ2v) is 6.12. The van der Waals surface area contributed by atoms with Crippen molar-refractivity contribution in [3.05, 3.63) is 64.6 Å². The van der Waals surface area contributed by atoms with Gasteiger partial charge < -0.3 is 0 Å². The molecule has 0 saturated heterocycles. The third kappa shape index (κ3) is 1.48. The summed E-state index contributed by atoms with van der Waals surface area (Å²) >= 11 is 0. The number of hydrogen-bond donors (Lipinski definition) is 0. The summed E-state index contributed by atoms with van der Waals surface area (Å²) < 4.78 is 4.57. The molecule has 3 heteroatoms. The van der Waals surface area contributed by atoms with Crippen molar-refractivity contribution >= 4 is 33.6 Å². The molecule has 0 saturated carbocycles. The molecule has 1 heterocycles. The summed E-state index contributed by atoms with van der Waals surface area (Å²) in [6.45, 7) is 0. The number of hydrogen-bond acceptors (Lipinski definition) is 3. The summed E-state index contributed by atoms with van der Waals surface area (Å²) in [5.74, 6) is 0. The SMILES string of the molecule is C1=C2SSN=C2c2ccccc2-c2ccccc21. The highest BCUT2D eigenvalue weighted by atomic mass is 33.1. The first-order valence-corrected chi connectivity index (χ1v) is 7.87. The normalized spacial score (nSPS) is 16.0. The van der Waals surface area contributed by atoms with Crippen molar-refractivity contribution in [2.75, 3.05) is 0 Å². The van der Waals surface area contributed by atoms with Gasteiger partial charge in [-0.3, -0.25) is 0 Å². The molecule has 86 valence electrons. The number of benzene rings is 2. The Balaban J connectivity index is 2.12. The number of fused-ring (bicyclic) bond motifs is 5. The van der Waals surface area contributed by atoms with Gasteiger partial charge in [-0.25, -0.2) is 4.40 Å². The molecule has 18 heavy (non-hydrogen) atoms. The molecule has 0 aromatic heterocycles. The molecule has 0 amide bonds. The predicted octanol–water partition coefficient (Wildman–Crippen LogP) is 4.81.